The molecular weight excluding hydrogens is 288 g/mol. The molecule has 1 heterocycles. The molecule has 0 aliphatic rings. The van der Waals surface area contributed by atoms with Crippen LogP contribution in [0.25, 0.3) is 11.0 Å². The number of aromatic nitrogens is 2. The molecule has 0 saturated heterocycles. The number of aryl methyl sites for hydroxylation is 2. The SMILES string of the molecule is Cc1cccc(OCC(O)Cn2c(C)nc3ccccc32)c1C. The van der Waals surface area contributed by atoms with Gasteiger partial charge in [0.1, 0.15) is 24.3 Å². The quantitative estimate of drug-likeness (QED) is 0.785. The van der Waals surface area contributed by atoms with Gasteiger partial charge in [-0.1, -0.05) is 24.3 Å². The molecule has 4 nitrogen and oxygen atoms in total. The van der Waals surface area contributed by atoms with Crippen molar-refractivity contribution in [1.82, 2.24) is 9.55 Å². The summed E-state index contributed by atoms with van der Waals surface area (Å²) < 4.78 is 7.83. The Balaban J connectivity index is 1.70. The summed E-state index contributed by atoms with van der Waals surface area (Å²) >= 11 is 0. The Hall–Kier alpha value is -2.33. The van der Waals surface area contributed by atoms with Crippen LogP contribution >= 0.6 is 0 Å². The molecule has 1 atom stereocenters. The molecule has 0 saturated carbocycles. The average molecular weight is 310 g/mol. The third-order valence-electron chi connectivity index (χ3n) is 4.22. The van der Waals surface area contributed by atoms with Gasteiger partial charge in [0.05, 0.1) is 17.6 Å². The van der Waals surface area contributed by atoms with Crippen LogP contribution in [-0.2, 0) is 6.54 Å². The van der Waals surface area contributed by atoms with E-state index in [0.29, 0.717) is 6.54 Å². The van der Waals surface area contributed by atoms with Crippen molar-refractivity contribution < 1.29 is 9.84 Å². The molecule has 0 spiro atoms. The van der Waals surface area contributed by atoms with Gasteiger partial charge in [0, 0.05) is 0 Å². The Morgan fingerprint density at radius 3 is 2.70 bits per heavy atom. The number of nitrogens with zero attached hydrogens (tertiary/aromatic N) is 2. The van der Waals surface area contributed by atoms with Crippen LogP contribution < -0.4 is 4.74 Å². The number of hydrogen-bond acceptors (Lipinski definition) is 3. The molecular formula is C19H22N2O2. The van der Waals surface area contributed by atoms with Crippen LogP contribution in [-0.4, -0.2) is 27.4 Å². The van der Waals surface area contributed by atoms with Gasteiger partial charge < -0.3 is 14.4 Å². The average Bonchev–Trinajstić information content (AvgIpc) is 2.85. The lowest BCUT2D eigenvalue weighted by molar-refractivity contribution is 0.0926. The van der Waals surface area contributed by atoms with E-state index in [4.69, 9.17) is 4.74 Å². The van der Waals surface area contributed by atoms with Crippen LogP contribution in [0.1, 0.15) is 17.0 Å². The van der Waals surface area contributed by atoms with Gasteiger partial charge in [0.15, 0.2) is 0 Å². The van der Waals surface area contributed by atoms with Gasteiger partial charge in [-0.05, 0) is 50.1 Å². The van der Waals surface area contributed by atoms with E-state index in [0.717, 1.165) is 28.2 Å². The minimum atomic E-state index is -0.591. The molecule has 0 bridgehead atoms. The fraction of sp³-hybridized carbons (Fsp3) is 0.316. The second-order valence-corrected chi connectivity index (χ2v) is 5.92. The largest absolute Gasteiger partial charge is 0.491 e. The number of benzene rings is 2. The molecule has 0 amide bonds. The van der Waals surface area contributed by atoms with Gasteiger partial charge in [-0.25, -0.2) is 4.98 Å². The molecule has 120 valence electrons. The van der Waals surface area contributed by atoms with Crippen molar-refractivity contribution in [2.75, 3.05) is 6.61 Å². The van der Waals surface area contributed by atoms with Gasteiger partial charge in [-0.2, -0.15) is 0 Å². The first-order chi connectivity index (χ1) is 11.1. The highest BCUT2D eigenvalue weighted by atomic mass is 16.5. The fourth-order valence-corrected chi connectivity index (χ4v) is 2.76. The van der Waals surface area contributed by atoms with Gasteiger partial charge in [-0.3, -0.25) is 0 Å². The monoisotopic (exact) mass is 310 g/mol. The lowest BCUT2D eigenvalue weighted by atomic mass is 10.1. The topological polar surface area (TPSA) is 47.3 Å². The van der Waals surface area contributed by atoms with E-state index in [9.17, 15) is 5.11 Å². The van der Waals surface area contributed by atoms with E-state index in [-0.39, 0.29) is 6.61 Å². The number of fused-ring (bicyclic) bond motifs is 1. The molecule has 1 N–H and O–H groups in total. The molecule has 0 radical (unpaired) electrons. The van der Waals surface area contributed by atoms with E-state index in [1.807, 2.05) is 54.8 Å². The molecule has 0 aliphatic carbocycles. The highest BCUT2D eigenvalue weighted by Crippen LogP contribution is 2.21. The second-order valence-electron chi connectivity index (χ2n) is 5.92. The Morgan fingerprint density at radius 1 is 1.09 bits per heavy atom. The fourth-order valence-electron chi connectivity index (χ4n) is 2.76. The van der Waals surface area contributed by atoms with Crippen LogP contribution in [0.3, 0.4) is 0 Å². The van der Waals surface area contributed by atoms with Crippen molar-refractivity contribution in [2.45, 2.75) is 33.4 Å². The Labute approximate surface area is 136 Å². The van der Waals surface area contributed by atoms with Crippen molar-refractivity contribution in [3.05, 3.63) is 59.4 Å². The normalized spacial score (nSPS) is 12.5. The predicted octanol–water partition coefficient (Wildman–Crippen LogP) is 3.40. The Morgan fingerprint density at radius 2 is 1.87 bits per heavy atom. The minimum Gasteiger partial charge on any atom is -0.491 e. The standard InChI is InChI=1S/C19H22N2O2/c1-13-7-6-10-19(14(13)2)23-12-16(22)11-21-15(3)20-17-8-4-5-9-18(17)21/h4-10,16,22H,11-12H2,1-3H3. The number of rotatable bonds is 5. The molecule has 0 aliphatic heterocycles. The van der Waals surface area contributed by atoms with Crippen molar-refractivity contribution in [2.24, 2.45) is 0 Å². The summed E-state index contributed by atoms with van der Waals surface area (Å²) in [6.45, 7) is 6.77. The minimum absolute atomic E-state index is 0.260. The number of aliphatic hydroxyl groups excluding tert-OH is 1. The zero-order chi connectivity index (χ0) is 16.4. The number of ether oxygens (including phenoxy) is 1. The first-order valence-electron chi connectivity index (χ1n) is 7.85. The zero-order valence-corrected chi connectivity index (χ0v) is 13.8. The number of para-hydroxylation sites is 2. The van der Waals surface area contributed by atoms with Crippen LogP contribution in [0.15, 0.2) is 42.5 Å². The maximum atomic E-state index is 10.4. The molecule has 3 rings (SSSR count). The molecule has 23 heavy (non-hydrogen) atoms. The maximum absolute atomic E-state index is 10.4. The first-order valence-corrected chi connectivity index (χ1v) is 7.85. The summed E-state index contributed by atoms with van der Waals surface area (Å²) in [6.07, 6.45) is -0.591. The highest BCUT2D eigenvalue weighted by Gasteiger charge is 2.13. The van der Waals surface area contributed by atoms with Crippen molar-refractivity contribution in [3.63, 3.8) is 0 Å². The van der Waals surface area contributed by atoms with E-state index in [2.05, 4.69) is 18.0 Å². The van der Waals surface area contributed by atoms with Gasteiger partial charge in [-0.15, -0.1) is 0 Å². The first kappa shape index (κ1) is 15.6. The lowest BCUT2D eigenvalue weighted by Gasteiger charge is -2.16. The van der Waals surface area contributed by atoms with Crippen LogP contribution in [0.4, 0.5) is 0 Å². The van der Waals surface area contributed by atoms with Crippen LogP contribution in [0, 0.1) is 20.8 Å². The smallest absolute Gasteiger partial charge is 0.122 e. The second kappa shape index (κ2) is 6.42. The van der Waals surface area contributed by atoms with Crippen LogP contribution in [0.5, 0.6) is 5.75 Å². The third-order valence-corrected chi connectivity index (χ3v) is 4.22. The van der Waals surface area contributed by atoms with E-state index in [1.54, 1.807) is 0 Å². The molecule has 2 aromatic carbocycles. The predicted molar refractivity (Wildman–Crippen MR) is 91.9 cm³/mol. The number of imidazole rings is 1. The summed E-state index contributed by atoms with van der Waals surface area (Å²) in [7, 11) is 0. The zero-order valence-electron chi connectivity index (χ0n) is 13.8. The van der Waals surface area contributed by atoms with E-state index < -0.39 is 6.10 Å². The summed E-state index contributed by atoms with van der Waals surface area (Å²) in [5, 5.41) is 10.4. The molecule has 0 fully saturated rings. The third kappa shape index (κ3) is 3.22. The van der Waals surface area contributed by atoms with Crippen LogP contribution in [0.2, 0.25) is 0 Å². The van der Waals surface area contributed by atoms with Gasteiger partial charge in [0.2, 0.25) is 0 Å². The van der Waals surface area contributed by atoms with E-state index in [1.165, 1.54) is 5.56 Å². The summed E-state index contributed by atoms with van der Waals surface area (Å²) in [5.74, 6) is 1.73. The highest BCUT2D eigenvalue weighted by molar-refractivity contribution is 5.75. The van der Waals surface area contributed by atoms with Gasteiger partial charge >= 0.3 is 0 Å². The molecule has 1 aromatic heterocycles. The number of hydrogen-bond donors (Lipinski definition) is 1. The Kier molecular flexibility index (Phi) is 4.35. The van der Waals surface area contributed by atoms with Crippen molar-refractivity contribution in [3.8, 4) is 5.75 Å². The van der Waals surface area contributed by atoms with E-state index >= 15 is 0 Å². The van der Waals surface area contributed by atoms with Crippen molar-refractivity contribution in [1.29, 1.82) is 0 Å². The summed E-state index contributed by atoms with van der Waals surface area (Å²) in [6, 6.07) is 13.9. The molecule has 3 aromatic rings. The Bertz CT molecular complexity index is 823. The molecule has 1 unspecified atom stereocenters. The number of aliphatic hydroxyl groups is 1. The summed E-state index contributed by atoms with van der Waals surface area (Å²) in [5.41, 5.74) is 4.29. The molecule has 4 heteroatoms. The lowest BCUT2D eigenvalue weighted by Crippen LogP contribution is -2.24. The van der Waals surface area contributed by atoms with Gasteiger partial charge in [0.25, 0.3) is 0 Å². The maximum Gasteiger partial charge on any atom is 0.122 e. The van der Waals surface area contributed by atoms with Crippen molar-refractivity contribution >= 4 is 11.0 Å². The summed E-state index contributed by atoms with van der Waals surface area (Å²) in [4.78, 5) is 4.52.